The van der Waals surface area contributed by atoms with E-state index in [1.54, 1.807) is 19.2 Å². The molecule has 1 N–H and O–H groups in total. The van der Waals surface area contributed by atoms with E-state index in [4.69, 9.17) is 15.9 Å². The molecule has 1 aliphatic rings. The van der Waals surface area contributed by atoms with Crippen LogP contribution in [-0.2, 0) is 26.3 Å². The molecule has 2 aromatic rings. The summed E-state index contributed by atoms with van der Waals surface area (Å²) in [6, 6.07) is 13.0. The minimum Gasteiger partial charge on any atom is -0.497 e. The van der Waals surface area contributed by atoms with Gasteiger partial charge in [-0.3, -0.25) is 9.52 Å². The maximum atomic E-state index is 12.2. The zero-order valence-corrected chi connectivity index (χ0v) is 12.9. The Labute approximate surface area is 127 Å². The number of hydrogen-bond donors (Lipinski definition) is 1. The predicted molar refractivity (Wildman–Crippen MR) is 83.5 cm³/mol. The maximum Gasteiger partial charge on any atom is 0.264 e. The van der Waals surface area contributed by atoms with Gasteiger partial charge in [-0.25, -0.2) is 4.21 Å². The number of carbonyl (C=O) groups is 1. The standard InChI is InChI=1S/C15H13NO3S2/c1-19-12-5-2-10(3-6-12)8-11-4-7-13-14(9-11)21(18,20)16-15(13)17/h2-7,9H,8H2,1H3,(H,16,17). The minimum absolute atomic E-state index is 0.360. The van der Waals surface area contributed by atoms with E-state index in [1.165, 1.54) is 0 Å². The Kier molecular flexibility index (Phi) is 3.43. The van der Waals surface area contributed by atoms with Crippen LogP contribution < -0.4 is 9.46 Å². The molecule has 1 heterocycles. The van der Waals surface area contributed by atoms with Gasteiger partial charge in [0.1, 0.15) is 14.4 Å². The van der Waals surface area contributed by atoms with Gasteiger partial charge in [0.15, 0.2) is 0 Å². The molecule has 0 radical (unpaired) electrons. The number of amides is 1. The van der Waals surface area contributed by atoms with Crippen LogP contribution in [0, 0.1) is 0 Å². The molecule has 4 nitrogen and oxygen atoms in total. The van der Waals surface area contributed by atoms with E-state index in [2.05, 4.69) is 4.72 Å². The lowest BCUT2D eigenvalue weighted by molar-refractivity contribution is 0.0986. The average molecular weight is 319 g/mol. The number of rotatable bonds is 3. The van der Waals surface area contributed by atoms with Crippen LogP contribution in [-0.4, -0.2) is 17.2 Å². The van der Waals surface area contributed by atoms with E-state index in [0.29, 0.717) is 16.9 Å². The van der Waals surface area contributed by atoms with Crippen LogP contribution in [0.2, 0.25) is 0 Å². The second-order valence-electron chi connectivity index (χ2n) is 4.79. The molecule has 2 aromatic carbocycles. The van der Waals surface area contributed by atoms with Crippen LogP contribution >= 0.6 is 0 Å². The summed E-state index contributed by atoms with van der Waals surface area (Å²) in [6.07, 6.45) is 0.677. The summed E-state index contributed by atoms with van der Waals surface area (Å²) in [5.41, 5.74) is 2.48. The third-order valence-corrected chi connectivity index (χ3v) is 5.53. The minimum atomic E-state index is -2.87. The lowest BCUT2D eigenvalue weighted by Crippen LogP contribution is -2.19. The molecule has 1 atom stereocenters. The summed E-state index contributed by atoms with van der Waals surface area (Å²) >= 11 is 4.98. The van der Waals surface area contributed by atoms with Crippen molar-refractivity contribution in [2.75, 3.05) is 7.11 Å². The molecule has 0 saturated carbocycles. The molecule has 21 heavy (non-hydrogen) atoms. The monoisotopic (exact) mass is 319 g/mol. The van der Waals surface area contributed by atoms with Crippen LogP contribution in [0.25, 0.3) is 0 Å². The fraction of sp³-hybridized carbons (Fsp3) is 0.133. The molecule has 0 bridgehead atoms. The van der Waals surface area contributed by atoms with Gasteiger partial charge in [0.2, 0.25) is 0 Å². The first-order valence-corrected chi connectivity index (χ1v) is 8.81. The van der Waals surface area contributed by atoms with Crippen molar-refractivity contribution in [1.82, 2.24) is 4.72 Å². The predicted octanol–water partition coefficient (Wildman–Crippen LogP) is 2.05. The second-order valence-corrected chi connectivity index (χ2v) is 7.85. The molecule has 0 aromatic heterocycles. The number of carbonyl (C=O) groups excluding carboxylic acids is 1. The summed E-state index contributed by atoms with van der Waals surface area (Å²) in [4.78, 5) is 12.1. The number of hydrogen-bond acceptors (Lipinski definition) is 4. The molecule has 0 spiro atoms. The van der Waals surface area contributed by atoms with Crippen molar-refractivity contribution in [1.29, 1.82) is 0 Å². The number of fused-ring (bicyclic) bond motifs is 1. The molecule has 1 aliphatic heterocycles. The van der Waals surface area contributed by atoms with Crippen molar-refractivity contribution in [3.8, 4) is 5.75 Å². The Hall–Kier alpha value is -1.92. The third-order valence-electron chi connectivity index (χ3n) is 3.37. The fourth-order valence-corrected chi connectivity index (χ4v) is 4.16. The lowest BCUT2D eigenvalue weighted by Gasteiger charge is -2.06. The van der Waals surface area contributed by atoms with E-state index >= 15 is 0 Å². The molecule has 0 fully saturated rings. The highest BCUT2D eigenvalue weighted by atomic mass is 32.8. The van der Waals surface area contributed by atoms with Gasteiger partial charge in [0.25, 0.3) is 5.91 Å². The van der Waals surface area contributed by atoms with Gasteiger partial charge < -0.3 is 4.74 Å². The first-order valence-electron chi connectivity index (χ1n) is 6.32. The summed E-state index contributed by atoms with van der Waals surface area (Å²) in [5.74, 6) is 0.442. The summed E-state index contributed by atoms with van der Waals surface area (Å²) < 4.78 is 19.6. The molecule has 0 saturated heterocycles. The van der Waals surface area contributed by atoms with Crippen molar-refractivity contribution >= 4 is 25.8 Å². The average Bonchev–Trinajstić information content (AvgIpc) is 2.69. The van der Waals surface area contributed by atoms with Crippen molar-refractivity contribution < 1.29 is 13.7 Å². The van der Waals surface area contributed by atoms with E-state index < -0.39 is 8.68 Å². The van der Waals surface area contributed by atoms with Gasteiger partial charge in [0.05, 0.1) is 17.6 Å². The summed E-state index contributed by atoms with van der Waals surface area (Å²) in [6.45, 7) is 0. The third kappa shape index (κ3) is 2.64. The molecule has 6 heteroatoms. The highest BCUT2D eigenvalue weighted by Gasteiger charge is 2.29. The maximum absolute atomic E-state index is 12.2. The fourth-order valence-electron chi connectivity index (χ4n) is 2.30. The largest absolute Gasteiger partial charge is 0.497 e. The normalized spacial score (nSPS) is 20.0. The second kappa shape index (κ2) is 5.13. The summed E-state index contributed by atoms with van der Waals surface area (Å²) in [5, 5.41) is 0. The van der Waals surface area contributed by atoms with Gasteiger partial charge in [-0.15, -0.1) is 0 Å². The zero-order chi connectivity index (χ0) is 15.0. The van der Waals surface area contributed by atoms with Crippen molar-refractivity contribution in [3.63, 3.8) is 0 Å². The van der Waals surface area contributed by atoms with Crippen molar-refractivity contribution in [3.05, 3.63) is 59.2 Å². The number of ether oxygens (including phenoxy) is 1. The smallest absolute Gasteiger partial charge is 0.264 e. The first kappa shape index (κ1) is 14.0. The number of nitrogens with one attached hydrogen (secondary N) is 1. The molecule has 108 valence electrons. The van der Waals surface area contributed by atoms with Gasteiger partial charge in [-0.05, 0) is 41.8 Å². The highest BCUT2D eigenvalue weighted by molar-refractivity contribution is 8.32. The molecule has 1 unspecified atom stereocenters. The van der Waals surface area contributed by atoms with E-state index in [-0.39, 0.29) is 5.91 Å². The zero-order valence-electron chi connectivity index (χ0n) is 11.3. The van der Waals surface area contributed by atoms with Gasteiger partial charge in [0, 0.05) is 11.2 Å². The van der Waals surface area contributed by atoms with Crippen LogP contribution in [0.4, 0.5) is 0 Å². The lowest BCUT2D eigenvalue weighted by atomic mass is 10.0. The Morgan fingerprint density at radius 1 is 1.14 bits per heavy atom. The molecular formula is C15H13NO3S2. The molecular weight excluding hydrogens is 306 g/mol. The van der Waals surface area contributed by atoms with Crippen LogP contribution in [0.3, 0.4) is 0 Å². The topological polar surface area (TPSA) is 55.4 Å². The Balaban J connectivity index is 1.92. The SMILES string of the molecule is COc1ccc(Cc2ccc3c(c2)S(=O)(=S)NC3=O)cc1. The van der Waals surface area contributed by atoms with Gasteiger partial charge in [-0.2, -0.15) is 0 Å². The Bertz CT molecular complexity index is 811. The van der Waals surface area contributed by atoms with Crippen LogP contribution in [0.5, 0.6) is 5.75 Å². The Morgan fingerprint density at radius 3 is 2.48 bits per heavy atom. The van der Waals surface area contributed by atoms with Crippen LogP contribution in [0.15, 0.2) is 47.4 Å². The van der Waals surface area contributed by atoms with Gasteiger partial charge >= 0.3 is 0 Å². The van der Waals surface area contributed by atoms with E-state index in [9.17, 15) is 9.00 Å². The van der Waals surface area contributed by atoms with E-state index in [0.717, 1.165) is 16.9 Å². The molecule has 1 amide bonds. The molecule has 3 rings (SSSR count). The summed E-state index contributed by atoms with van der Waals surface area (Å²) in [7, 11) is -1.24. The van der Waals surface area contributed by atoms with Crippen LogP contribution in [0.1, 0.15) is 21.5 Å². The highest BCUT2D eigenvalue weighted by Crippen LogP contribution is 2.25. The Morgan fingerprint density at radius 2 is 1.81 bits per heavy atom. The number of methoxy groups -OCH3 is 1. The number of benzene rings is 2. The molecule has 0 aliphatic carbocycles. The van der Waals surface area contributed by atoms with Crippen molar-refractivity contribution in [2.24, 2.45) is 0 Å². The van der Waals surface area contributed by atoms with Crippen molar-refractivity contribution in [2.45, 2.75) is 11.3 Å². The first-order chi connectivity index (χ1) is 9.99. The van der Waals surface area contributed by atoms with Gasteiger partial charge in [-0.1, -0.05) is 18.2 Å². The van der Waals surface area contributed by atoms with E-state index in [1.807, 2.05) is 30.3 Å². The quantitative estimate of drug-likeness (QED) is 0.941.